The van der Waals surface area contributed by atoms with Crippen LogP contribution in [-0.4, -0.2) is 59.5 Å². The predicted octanol–water partition coefficient (Wildman–Crippen LogP) is 4.58. The van der Waals surface area contributed by atoms with Crippen LogP contribution in [0.2, 0.25) is 10.0 Å². The molecule has 0 bridgehead atoms. The minimum atomic E-state index is -3.97. The van der Waals surface area contributed by atoms with Crippen LogP contribution in [0.1, 0.15) is 20.3 Å². The molecule has 0 amide bonds. The van der Waals surface area contributed by atoms with Gasteiger partial charge in [0.25, 0.3) is 0 Å². The van der Waals surface area contributed by atoms with Crippen molar-refractivity contribution in [2.75, 3.05) is 30.6 Å². The van der Waals surface area contributed by atoms with Crippen LogP contribution in [0.25, 0.3) is 0 Å². The standard InChI is InChI=1S/C22H25Cl3O8S2/c1-3-34(27,28)14-17(33-15(2)26)13-32-16-5-7-18(8-6-16)35(29,30)19-11-20(24)22(21(25)12-19)31-10-4-9-23/h5-8,11-12,17H,3-4,9-10,13-14H2,1-2H3. The Morgan fingerprint density at radius 1 is 0.971 bits per heavy atom. The Morgan fingerprint density at radius 3 is 2.09 bits per heavy atom. The minimum absolute atomic E-state index is 0.0436. The highest BCUT2D eigenvalue weighted by molar-refractivity contribution is 7.91. The third-order valence-electron chi connectivity index (χ3n) is 4.59. The van der Waals surface area contributed by atoms with Crippen molar-refractivity contribution in [1.82, 2.24) is 0 Å². The summed E-state index contributed by atoms with van der Waals surface area (Å²) in [6.07, 6.45) is -0.436. The maximum absolute atomic E-state index is 13.1. The van der Waals surface area contributed by atoms with Gasteiger partial charge in [0.2, 0.25) is 9.84 Å². The van der Waals surface area contributed by atoms with Crippen molar-refractivity contribution in [3.63, 3.8) is 0 Å². The molecule has 2 aromatic carbocycles. The summed E-state index contributed by atoms with van der Waals surface area (Å²) < 4.78 is 65.9. The summed E-state index contributed by atoms with van der Waals surface area (Å²) in [7, 11) is -7.38. The Labute approximate surface area is 220 Å². The van der Waals surface area contributed by atoms with Gasteiger partial charge in [-0.3, -0.25) is 4.79 Å². The number of ether oxygens (including phenoxy) is 3. The lowest BCUT2D eigenvalue weighted by molar-refractivity contribution is -0.146. The van der Waals surface area contributed by atoms with E-state index in [1.54, 1.807) is 0 Å². The van der Waals surface area contributed by atoms with Gasteiger partial charge in [0.05, 0.1) is 32.2 Å². The van der Waals surface area contributed by atoms with Crippen LogP contribution in [0.3, 0.4) is 0 Å². The van der Waals surface area contributed by atoms with Crippen LogP contribution in [0.5, 0.6) is 11.5 Å². The van der Waals surface area contributed by atoms with Gasteiger partial charge in [-0.25, -0.2) is 16.8 Å². The van der Waals surface area contributed by atoms with Gasteiger partial charge in [-0.2, -0.15) is 0 Å². The molecule has 2 aromatic rings. The third-order valence-corrected chi connectivity index (χ3v) is 8.93. The second-order valence-corrected chi connectivity index (χ2v) is 12.9. The molecule has 0 radical (unpaired) electrons. The Kier molecular flexibility index (Phi) is 11.0. The number of sulfone groups is 2. The zero-order valence-corrected chi connectivity index (χ0v) is 22.9. The molecule has 194 valence electrons. The first-order valence-electron chi connectivity index (χ1n) is 10.4. The molecule has 1 unspecified atom stereocenters. The highest BCUT2D eigenvalue weighted by atomic mass is 35.5. The Bertz CT molecular complexity index is 1210. The van der Waals surface area contributed by atoms with Gasteiger partial charge in [0, 0.05) is 18.6 Å². The van der Waals surface area contributed by atoms with Gasteiger partial charge < -0.3 is 14.2 Å². The molecule has 0 aliphatic heterocycles. The first-order valence-corrected chi connectivity index (χ1v) is 15.0. The largest absolute Gasteiger partial charge is 0.490 e. The molecular weight excluding hydrogens is 563 g/mol. The maximum Gasteiger partial charge on any atom is 0.303 e. The van der Waals surface area contributed by atoms with Gasteiger partial charge in [0.1, 0.15) is 18.5 Å². The van der Waals surface area contributed by atoms with Gasteiger partial charge in [0.15, 0.2) is 15.6 Å². The lowest BCUT2D eigenvalue weighted by Gasteiger charge is -2.17. The molecule has 0 aromatic heterocycles. The van der Waals surface area contributed by atoms with Crippen LogP contribution in [0.15, 0.2) is 46.2 Å². The molecule has 8 nitrogen and oxygen atoms in total. The fraction of sp³-hybridized carbons (Fsp3) is 0.409. The molecule has 1 atom stereocenters. The van der Waals surface area contributed by atoms with E-state index in [1.807, 2.05) is 0 Å². The van der Waals surface area contributed by atoms with E-state index in [1.165, 1.54) is 50.2 Å². The molecule has 0 fully saturated rings. The smallest absolute Gasteiger partial charge is 0.303 e. The summed E-state index contributed by atoms with van der Waals surface area (Å²) in [5.74, 6) is -0.306. The van der Waals surface area contributed by atoms with Gasteiger partial charge in [-0.1, -0.05) is 30.1 Å². The van der Waals surface area contributed by atoms with E-state index in [0.717, 1.165) is 0 Å². The Morgan fingerprint density at radius 2 is 1.57 bits per heavy atom. The van der Waals surface area contributed by atoms with Crippen molar-refractivity contribution in [1.29, 1.82) is 0 Å². The normalized spacial score (nSPS) is 12.7. The SMILES string of the molecule is CCS(=O)(=O)CC(COc1ccc(S(=O)(=O)c2cc(Cl)c(OCCCCl)c(Cl)c2)cc1)OC(C)=O. The highest BCUT2D eigenvalue weighted by Gasteiger charge is 2.23. The van der Waals surface area contributed by atoms with Crippen molar-refractivity contribution in [2.45, 2.75) is 36.2 Å². The van der Waals surface area contributed by atoms with Crippen LogP contribution < -0.4 is 9.47 Å². The first kappa shape index (κ1) is 29.5. The van der Waals surface area contributed by atoms with Crippen LogP contribution in [-0.2, 0) is 29.2 Å². The summed E-state index contributed by atoms with van der Waals surface area (Å²) >= 11 is 18.0. The Hall–Kier alpha value is -1.72. The fourth-order valence-electron chi connectivity index (χ4n) is 2.85. The zero-order valence-electron chi connectivity index (χ0n) is 19.0. The quantitative estimate of drug-likeness (QED) is 0.190. The van der Waals surface area contributed by atoms with Crippen molar-refractivity contribution >= 4 is 60.4 Å². The number of carbonyl (C=O) groups excluding carboxylic acids is 1. The molecule has 0 aliphatic rings. The van der Waals surface area contributed by atoms with Gasteiger partial charge in [-0.15, -0.1) is 11.6 Å². The summed E-state index contributed by atoms with van der Waals surface area (Å²) in [6.45, 7) is 2.71. The summed E-state index contributed by atoms with van der Waals surface area (Å²) in [5, 5.41) is 0.0910. The van der Waals surface area contributed by atoms with E-state index in [0.29, 0.717) is 12.3 Å². The lowest BCUT2D eigenvalue weighted by atomic mass is 10.3. The Balaban J connectivity index is 2.17. The number of carbonyl (C=O) groups is 1. The first-order chi connectivity index (χ1) is 16.4. The van der Waals surface area contributed by atoms with Gasteiger partial charge in [-0.05, 0) is 42.8 Å². The molecule has 0 saturated carbocycles. The molecule has 0 spiro atoms. The van der Waals surface area contributed by atoms with Crippen molar-refractivity contribution < 1.29 is 35.8 Å². The molecule has 0 saturated heterocycles. The van der Waals surface area contributed by atoms with Gasteiger partial charge >= 0.3 is 5.97 Å². The number of hydrogen-bond acceptors (Lipinski definition) is 8. The number of rotatable bonds is 13. The van der Waals surface area contributed by atoms with Crippen molar-refractivity contribution in [3.8, 4) is 11.5 Å². The van der Waals surface area contributed by atoms with Crippen molar-refractivity contribution in [2.24, 2.45) is 0 Å². The number of halogens is 3. The maximum atomic E-state index is 13.1. The predicted molar refractivity (Wildman–Crippen MR) is 135 cm³/mol. The number of hydrogen-bond donors (Lipinski definition) is 0. The van der Waals surface area contributed by atoms with E-state index in [4.69, 9.17) is 49.0 Å². The molecule has 35 heavy (non-hydrogen) atoms. The summed E-state index contributed by atoms with van der Waals surface area (Å²) in [4.78, 5) is 11.1. The summed E-state index contributed by atoms with van der Waals surface area (Å²) in [5.41, 5.74) is 0. The highest BCUT2D eigenvalue weighted by Crippen LogP contribution is 2.37. The van der Waals surface area contributed by atoms with Crippen LogP contribution in [0, 0.1) is 0 Å². The monoisotopic (exact) mass is 586 g/mol. The topological polar surface area (TPSA) is 113 Å². The number of benzene rings is 2. The molecule has 0 heterocycles. The minimum Gasteiger partial charge on any atom is -0.490 e. The fourth-order valence-corrected chi connectivity index (χ4v) is 5.96. The average molecular weight is 588 g/mol. The number of esters is 1. The molecule has 2 rings (SSSR count). The second kappa shape index (κ2) is 13.0. The zero-order chi connectivity index (χ0) is 26.2. The van der Waals surface area contributed by atoms with E-state index < -0.39 is 31.7 Å². The molecular formula is C22H25Cl3O8S2. The lowest BCUT2D eigenvalue weighted by Crippen LogP contribution is -2.32. The average Bonchev–Trinajstić information content (AvgIpc) is 2.79. The molecule has 0 aliphatic carbocycles. The second-order valence-electron chi connectivity index (χ2n) is 7.32. The van der Waals surface area contributed by atoms with E-state index in [-0.39, 0.29) is 56.1 Å². The molecule has 13 heteroatoms. The van der Waals surface area contributed by atoms with Crippen LogP contribution >= 0.6 is 34.8 Å². The van der Waals surface area contributed by atoms with Crippen LogP contribution in [0.4, 0.5) is 0 Å². The molecule has 0 N–H and O–H groups in total. The third kappa shape index (κ3) is 8.71. The van der Waals surface area contributed by atoms with E-state index in [9.17, 15) is 21.6 Å². The van der Waals surface area contributed by atoms with E-state index in [2.05, 4.69) is 0 Å². The van der Waals surface area contributed by atoms with Crippen molar-refractivity contribution in [3.05, 3.63) is 46.4 Å². The number of alkyl halides is 1. The summed E-state index contributed by atoms with van der Waals surface area (Å²) in [6, 6.07) is 7.95. The van der Waals surface area contributed by atoms with E-state index >= 15 is 0 Å².